The van der Waals surface area contributed by atoms with E-state index < -0.39 is 0 Å². The molecule has 0 bridgehead atoms. The molecule has 0 aliphatic carbocycles. The molecule has 2 saturated heterocycles. The molecular weight excluding hydrogens is 322 g/mol. The summed E-state index contributed by atoms with van der Waals surface area (Å²) in [5.41, 5.74) is 0.899. The van der Waals surface area contributed by atoms with Crippen molar-refractivity contribution in [2.24, 2.45) is 5.92 Å². The van der Waals surface area contributed by atoms with Gasteiger partial charge >= 0.3 is 0 Å². The Balaban J connectivity index is 1.59. The highest BCUT2D eigenvalue weighted by atomic mass is 16.6. The first-order chi connectivity index (χ1) is 12.1. The topological polar surface area (TPSA) is 75.9 Å². The van der Waals surface area contributed by atoms with Crippen LogP contribution in [0.4, 0.5) is 5.69 Å². The highest BCUT2D eigenvalue weighted by Crippen LogP contribution is 2.28. The first kappa shape index (κ1) is 17.7. The maximum absolute atomic E-state index is 12.5. The maximum atomic E-state index is 12.5. The van der Waals surface area contributed by atoms with Crippen molar-refractivity contribution in [3.63, 3.8) is 0 Å². The average Bonchev–Trinajstić information content (AvgIpc) is 3.16. The van der Waals surface area contributed by atoms with Crippen LogP contribution < -0.4 is 4.74 Å². The number of hydrogen-bond acceptors (Lipinski definition) is 5. The molecule has 2 heterocycles. The molecule has 0 aromatic heterocycles. The molecule has 136 valence electrons. The van der Waals surface area contributed by atoms with Crippen LogP contribution in [0, 0.1) is 16.0 Å². The van der Waals surface area contributed by atoms with Gasteiger partial charge in [-0.05, 0) is 44.8 Å². The summed E-state index contributed by atoms with van der Waals surface area (Å²) in [6, 6.07) is 4.70. The number of piperidine rings is 1. The van der Waals surface area contributed by atoms with E-state index >= 15 is 0 Å². The molecule has 0 spiro atoms. The summed E-state index contributed by atoms with van der Waals surface area (Å²) < 4.78 is 5.34. The molecule has 2 aliphatic heterocycles. The number of nitro benzene ring substituents is 1. The molecule has 2 fully saturated rings. The smallest absolute Gasteiger partial charge is 0.270 e. The van der Waals surface area contributed by atoms with E-state index in [1.807, 2.05) is 4.90 Å². The normalized spacial score (nSPS) is 19.2. The van der Waals surface area contributed by atoms with Crippen molar-refractivity contribution in [1.29, 1.82) is 0 Å². The summed E-state index contributed by atoms with van der Waals surface area (Å²) in [5.74, 6) is 1.10. The molecule has 7 heteroatoms. The van der Waals surface area contributed by atoms with Gasteiger partial charge in [0.1, 0.15) is 5.75 Å². The first-order valence-electron chi connectivity index (χ1n) is 8.91. The van der Waals surface area contributed by atoms with E-state index in [0.29, 0.717) is 18.2 Å². The predicted molar refractivity (Wildman–Crippen MR) is 93.5 cm³/mol. The van der Waals surface area contributed by atoms with Crippen LogP contribution in [0.25, 0.3) is 0 Å². The Bertz CT molecular complexity index is 635. The van der Waals surface area contributed by atoms with Crippen molar-refractivity contribution in [2.75, 3.05) is 33.3 Å². The van der Waals surface area contributed by atoms with Crippen LogP contribution in [0.2, 0.25) is 0 Å². The fraction of sp³-hybridized carbons (Fsp3) is 0.611. The monoisotopic (exact) mass is 347 g/mol. The van der Waals surface area contributed by atoms with Crippen LogP contribution in [0.1, 0.15) is 31.2 Å². The van der Waals surface area contributed by atoms with E-state index in [1.165, 1.54) is 6.07 Å². The highest BCUT2D eigenvalue weighted by Gasteiger charge is 2.30. The zero-order chi connectivity index (χ0) is 17.8. The van der Waals surface area contributed by atoms with Crippen molar-refractivity contribution in [2.45, 2.75) is 32.2 Å². The minimum atomic E-state index is -0.385. The lowest BCUT2D eigenvalue weighted by Crippen LogP contribution is -2.41. The molecule has 25 heavy (non-hydrogen) atoms. The first-order valence-corrected chi connectivity index (χ1v) is 8.91. The van der Waals surface area contributed by atoms with Crippen LogP contribution in [0.3, 0.4) is 0 Å². The van der Waals surface area contributed by atoms with Gasteiger partial charge in [0.25, 0.3) is 5.69 Å². The molecule has 1 amide bonds. The van der Waals surface area contributed by atoms with Gasteiger partial charge < -0.3 is 9.64 Å². The summed E-state index contributed by atoms with van der Waals surface area (Å²) in [4.78, 5) is 27.4. The van der Waals surface area contributed by atoms with Gasteiger partial charge in [-0.25, -0.2) is 0 Å². The lowest BCUT2D eigenvalue weighted by atomic mass is 9.95. The van der Waals surface area contributed by atoms with E-state index in [1.54, 1.807) is 19.2 Å². The summed E-state index contributed by atoms with van der Waals surface area (Å²) in [7, 11) is 1.58. The Labute approximate surface area is 147 Å². The Hall–Kier alpha value is -2.15. The molecule has 0 radical (unpaired) electrons. The number of benzene rings is 1. The molecule has 1 aromatic carbocycles. The van der Waals surface area contributed by atoms with Crippen LogP contribution >= 0.6 is 0 Å². The third kappa shape index (κ3) is 4.10. The standard InChI is InChI=1S/C18H25N3O4/c1-25-17-5-4-16(21(23)24)12-15(17)13-19-10-6-14(7-11-19)18(22)20-8-2-3-9-20/h4-5,12,14H,2-3,6-11,13H2,1H3. The maximum Gasteiger partial charge on any atom is 0.270 e. The summed E-state index contributed by atoms with van der Waals surface area (Å²) >= 11 is 0. The van der Waals surface area contributed by atoms with Gasteiger partial charge in [0.05, 0.1) is 12.0 Å². The Morgan fingerprint density at radius 2 is 1.92 bits per heavy atom. The lowest BCUT2D eigenvalue weighted by Gasteiger charge is -2.33. The number of hydrogen-bond donors (Lipinski definition) is 0. The van der Waals surface area contributed by atoms with E-state index in [2.05, 4.69) is 4.90 Å². The molecular formula is C18H25N3O4. The second-order valence-electron chi connectivity index (χ2n) is 6.84. The van der Waals surface area contributed by atoms with Crippen LogP contribution in [0.5, 0.6) is 5.75 Å². The van der Waals surface area contributed by atoms with Crippen molar-refractivity contribution in [3.05, 3.63) is 33.9 Å². The van der Waals surface area contributed by atoms with Gasteiger partial charge in [-0.15, -0.1) is 0 Å². The van der Waals surface area contributed by atoms with Gasteiger partial charge in [0.2, 0.25) is 5.91 Å². The Kier molecular flexibility index (Phi) is 5.53. The summed E-state index contributed by atoms with van der Waals surface area (Å²) in [6.45, 7) is 4.08. The van der Waals surface area contributed by atoms with Gasteiger partial charge in [0.15, 0.2) is 0 Å². The zero-order valence-electron chi connectivity index (χ0n) is 14.6. The Morgan fingerprint density at radius 3 is 2.52 bits per heavy atom. The number of methoxy groups -OCH3 is 1. The SMILES string of the molecule is COc1ccc([N+](=O)[O-])cc1CN1CCC(C(=O)N2CCCC2)CC1. The van der Waals surface area contributed by atoms with Gasteiger partial charge in [-0.3, -0.25) is 19.8 Å². The van der Waals surface area contributed by atoms with Gasteiger partial charge in [0, 0.05) is 43.2 Å². The third-order valence-electron chi connectivity index (χ3n) is 5.22. The molecule has 3 rings (SSSR count). The zero-order valence-corrected chi connectivity index (χ0v) is 14.6. The van der Waals surface area contributed by atoms with Crippen molar-refractivity contribution < 1.29 is 14.5 Å². The number of non-ortho nitro benzene ring substituents is 1. The molecule has 0 atom stereocenters. The Morgan fingerprint density at radius 1 is 1.24 bits per heavy atom. The van der Waals surface area contributed by atoms with E-state index in [4.69, 9.17) is 4.74 Å². The molecule has 0 N–H and O–H groups in total. The fourth-order valence-corrected chi connectivity index (χ4v) is 3.78. The molecule has 0 unspecified atom stereocenters. The highest BCUT2D eigenvalue weighted by molar-refractivity contribution is 5.79. The molecule has 0 saturated carbocycles. The number of carbonyl (C=O) groups is 1. The quantitative estimate of drug-likeness (QED) is 0.604. The van der Waals surface area contributed by atoms with E-state index in [0.717, 1.165) is 57.4 Å². The van der Waals surface area contributed by atoms with Gasteiger partial charge in [-0.1, -0.05) is 0 Å². The number of carbonyl (C=O) groups excluding carboxylic acids is 1. The second-order valence-corrected chi connectivity index (χ2v) is 6.84. The predicted octanol–water partition coefficient (Wildman–Crippen LogP) is 2.44. The summed E-state index contributed by atoms with van der Waals surface area (Å²) in [6.07, 6.45) is 3.95. The van der Waals surface area contributed by atoms with Crippen molar-refractivity contribution >= 4 is 11.6 Å². The molecule has 7 nitrogen and oxygen atoms in total. The minimum Gasteiger partial charge on any atom is -0.496 e. The number of likely N-dealkylation sites (tertiary alicyclic amines) is 2. The van der Waals surface area contributed by atoms with Gasteiger partial charge in [-0.2, -0.15) is 0 Å². The van der Waals surface area contributed by atoms with Crippen LogP contribution in [-0.4, -0.2) is 53.9 Å². The van der Waals surface area contributed by atoms with E-state index in [9.17, 15) is 14.9 Å². The number of ether oxygens (including phenoxy) is 1. The summed E-state index contributed by atoms with van der Waals surface area (Å²) in [5, 5.41) is 11.0. The largest absolute Gasteiger partial charge is 0.496 e. The number of rotatable bonds is 5. The van der Waals surface area contributed by atoms with Crippen LogP contribution in [0.15, 0.2) is 18.2 Å². The van der Waals surface area contributed by atoms with Crippen molar-refractivity contribution in [1.82, 2.24) is 9.80 Å². The third-order valence-corrected chi connectivity index (χ3v) is 5.22. The average molecular weight is 347 g/mol. The minimum absolute atomic E-state index is 0.0786. The number of nitro groups is 1. The lowest BCUT2D eigenvalue weighted by molar-refractivity contribution is -0.385. The second kappa shape index (κ2) is 7.82. The molecule has 2 aliphatic rings. The van der Waals surface area contributed by atoms with Crippen LogP contribution in [-0.2, 0) is 11.3 Å². The number of amides is 1. The van der Waals surface area contributed by atoms with Crippen molar-refractivity contribution in [3.8, 4) is 5.75 Å². The van der Waals surface area contributed by atoms with E-state index in [-0.39, 0.29) is 16.5 Å². The molecule has 1 aromatic rings. The number of nitrogens with zero attached hydrogens (tertiary/aromatic N) is 3. The fourth-order valence-electron chi connectivity index (χ4n) is 3.78.